The molecule has 3 aliphatic rings. The van der Waals surface area contributed by atoms with Gasteiger partial charge in [0.05, 0.1) is 12.2 Å². The van der Waals surface area contributed by atoms with E-state index in [4.69, 9.17) is 8.85 Å². The SMILES string of the molecule is C[C@H](C=CC=O)[C@H]1CC[C@H]2C(=CC=C3C[C@@H](O[Si](C)(C)C(C)(C)C)C[C@H](O[Si](C)(C)C(C)(C)C)C3)CCC[C@]12C. The van der Waals surface area contributed by atoms with Crippen molar-refractivity contribution in [2.45, 2.75) is 155 Å². The molecule has 0 aromatic carbocycles. The smallest absolute Gasteiger partial charge is 0.192 e. The van der Waals surface area contributed by atoms with Gasteiger partial charge in [0.15, 0.2) is 16.6 Å². The van der Waals surface area contributed by atoms with Crippen molar-refractivity contribution in [3.63, 3.8) is 0 Å². The van der Waals surface area contributed by atoms with E-state index in [1.54, 1.807) is 11.6 Å². The number of fused-ring (bicyclic) bond motifs is 1. The second-order valence-corrected chi connectivity index (χ2v) is 26.2. The van der Waals surface area contributed by atoms with Gasteiger partial charge in [0.25, 0.3) is 0 Å². The number of hydrogen-bond donors (Lipinski definition) is 0. The summed E-state index contributed by atoms with van der Waals surface area (Å²) in [6.07, 6.45) is 19.7. The van der Waals surface area contributed by atoms with Gasteiger partial charge in [-0.2, -0.15) is 0 Å². The minimum Gasteiger partial charge on any atom is -0.414 e. The van der Waals surface area contributed by atoms with Crippen LogP contribution in [0.5, 0.6) is 0 Å². The van der Waals surface area contributed by atoms with Crippen LogP contribution in [0, 0.1) is 23.2 Å². The Morgan fingerprint density at radius 3 is 1.95 bits per heavy atom. The Kier molecular flexibility index (Phi) is 10.5. The van der Waals surface area contributed by atoms with E-state index in [1.165, 1.54) is 37.7 Å². The van der Waals surface area contributed by atoms with Gasteiger partial charge in [-0.1, -0.05) is 84.8 Å². The van der Waals surface area contributed by atoms with Crippen molar-refractivity contribution in [3.8, 4) is 0 Å². The highest BCUT2D eigenvalue weighted by atomic mass is 28.4. The molecule has 40 heavy (non-hydrogen) atoms. The molecule has 0 saturated heterocycles. The second-order valence-electron chi connectivity index (χ2n) is 16.7. The first-order valence-corrected chi connectivity index (χ1v) is 22.0. The molecule has 0 aromatic rings. The normalized spacial score (nSPS) is 32.4. The zero-order valence-electron chi connectivity index (χ0n) is 28.2. The molecule has 0 amide bonds. The van der Waals surface area contributed by atoms with Crippen molar-refractivity contribution in [1.82, 2.24) is 0 Å². The molecule has 0 aromatic heterocycles. The molecule has 3 fully saturated rings. The van der Waals surface area contributed by atoms with Gasteiger partial charge in [-0.25, -0.2) is 0 Å². The van der Waals surface area contributed by atoms with Crippen LogP contribution in [0.3, 0.4) is 0 Å². The van der Waals surface area contributed by atoms with Crippen molar-refractivity contribution < 1.29 is 13.6 Å². The van der Waals surface area contributed by atoms with Crippen LogP contribution in [0.15, 0.2) is 35.5 Å². The lowest BCUT2D eigenvalue weighted by atomic mass is 9.61. The molecule has 6 atom stereocenters. The van der Waals surface area contributed by atoms with E-state index >= 15 is 0 Å². The fraction of sp³-hybridized carbons (Fsp3) is 0.800. The van der Waals surface area contributed by atoms with Gasteiger partial charge in [0.2, 0.25) is 0 Å². The highest BCUT2D eigenvalue weighted by molar-refractivity contribution is 6.74. The lowest BCUT2D eigenvalue weighted by Gasteiger charge is -2.45. The molecule has 0 spiro atoms. The maximum Gasteiger partial charge on any atom is 0.192 e. The van der Waals surface area contributed by atoms with Gasteiger partial charge in [-0.05, 0) is 117 Å². The first kappa shape index (κ1) is 33.7. The van der Waals surface area contributed by atoms with Crippen LogP contribution in [-0.4, -0.2) is 35.1 Å². The first-order valence-electron chi connectivity index (χ1n) is 16.2. The van der Waals surface area contributed by atoms with Crippen molar-refractivity contribution in [1.29, 1.82) is 0 Å². The lowest BCUT2D eigenvalue weighted by Crippen LogP contribution is -2.48. The highest BCUT2D eigenvalue weighted by Crippen LogP contribution is 2.59. The summed E-state index contributed by atoms with van der Waals surface area (Å²) >= 11 is 0. The van der Waals surface area contributed by atoms with Crippen LogP contribution >= 0.6 is 0 Å². The van der Waals surface area contributed by atoms with Gasteiger partial charge in [-0.15, -0.1) is 0 Å². The Labute approximate surface area is 249 Å². The zero-order chi connectivity index (χ0) is 30.1. The average molecular weight is 587 g/mol. The molecule has 0 unspecified atom stereocenters. The van der Waals surface area contributed by atoms with Crippen molar-refractivity contribution in [2.24, 2.45) is 23.2 Å². The van der Waals surface area contributed by atoms with E-state index in [9.17, 15) is 4.79 Å². The molecule has 0 heterocycles. The summed E-state index contributed by atoms with van der Waals surface area (Å²) in [7, 11) is -3.74. The molecule has 228 valence electrons. The molecule has 3 nitrogen and oxygen atoms in total. The van der Waals surface area contributed by atoms with Gasteiger partial charge in [0, 0.05) is 0 Å². The Morgan fingerprint density at radius 2 is 1.45 bits per heavy atom. The van der Waals surface area contributed by atoms with Crippen LogP contribution < -0.4 is 0 Å². The zero-order valence-corrected chi connectivity index (χ0v) is 30.2. The molecule has 3 aliphatic carbocycles. The monoisotopic (exact) mass is 586 g/mol. The van der Waals surface area contributed by atoms with Crippen molar-refractivity contribution >= 4 is 22.9 Å². The van der Waals surface area contributed by atoms with Gasteiger partial charge in [-0.3, -0.25) is 4.79 Å². The quantitative estimate of drug-likeness (QED) is 0.161. The van der Waals surface area contributed by atoms with E-state index < -0.39 is 16.6 Å². The molecule has 0 aliphatic heterocycles. The number of carbonyl (C=O) groups excluding carboxylic acids is 1. The largest absolute Gasteiger partial charge is 0.414 e. The average Bonchev–Trinajstić information content (AvgIpc) is 3.16. The van der Waals surface area contributed by atoms with Crippen LogP contribution in [0.4, 0.5) is 0 Å². The highest BCUT2D eigenvalue weighted by Gasteiger charge is 2.50. The Morgan fingerprint density at radius 1 is 0.900 bits per heavy atom. The van der Waals surface area contributed by atoms with E-state index in [1.807, 2.05) is 0 Å². The Balaban J connectivity index is 1.86. The second kappa shape index (κ2) is 12.5. The summed E-state index contributed by atoms with van der Waals surface area (Å²) in [5.74, 6) is 1.78. The maximum absolute atomic E-state index is 11.0. The topological polar surface area (TPSA) is 35.5 Å². The third-order valence-corrected chi connectivity index (χ3v) is 20.8. The van der Waals surface area contributed by atoms with Crippen LogP contribution in [0.1, 0.15) is 107 Å². The minimum absolute atomic E-state index is 0.204. The lowest BCUT2D eigenvalue weighted by molar-refractivity contribution is -0.104. The fourth-order valence-corrected chi connectivity index (χ4v) is 10.1. The number of hydrogen-bond acceptors (Lipinski definition) is 3. The molecule has 0 N–H and O–H groups in total. The van der Waals surface area contributed by atoms with Crippen molar-refractivity contribution in [2.75, 3.05) is 0 Å². The van der Waals surface area contributed by atoms with Crippen LogP contribution in [-0.2, 0) is 13.6 Å². The van der Waals surface area contributed by atoms with Crippen molar-refractivity contribution in [3.05, 3.63) is 35.5 Å². The van der Waals surface area contributed by atoms with Crippen LogP contribution in [0.2, 0.25) is 36.3 Å². The van der Waals surface area contributed by atoms with Gasteiger partial charge >= 0.3 is 0 Å². The standard InChI is InChI=1S/C35H62O3Si2/c1-26(15-14-22-36)31-19-20-32-28(16-13-21-35(31,32)8)18-17-27-23-29(37-39(9,10)33(2,3)4)25-30(24-27)38-40(11,12)34(5,6)7/h14-15,17-18,22,26,29-32H,13,16,19-21,23-25H2,1-12H3/t26-,29-,30-,31-,32+,35-/m1/s1. The molecule has 0 radical (unpaired) electrons. The van der Waals surface area contributed by atoms with Gasteiger partial charge in [0.1, 0.15) is 6.29 Å². The molecule has 3 saturated carbocycles. The molecule has 0 bridgehead atoms. The Bertz CT molecular complexity index is 940. The predicted octanol–water partition coefficient (Wildman–Crippen LogP) is 10.4. The molecule has 3 rings (SSSR count). The van der Waals surface area contributed by atoms with E-state index in [-0.39, 0.29) is 22.3 Å². The van der Waals surface area contributed by atoms with E-state index in [0.717, 1.165) is 25.5 Å². The summed E-state index contributed by atoms with van der Waals surface area (Å²) in [4.78, 5) is 11.0. The van der Waals surface area contributed by atoms with E-state index in [0.29, 0.717) is 23.2 Å². The Hall–Kier alpha value is -0.756. The number of aldehydes is 1. The van der Waals surface area contributed by atoms with Gasteiger partial charge < -0.3 is 8.85 Å². The van der Waals surface area contributed by atoms with Crippen LogP contribution in [0.25, 0.3) is 0 Å². The minimum atomic E-state index is -1.87. The number of allylic oxidation sites excluding steroid dienone is 5. The summed E-state index contributed by atoms with van der Waals surface area (Å²) in [6.45, 7) is 28.5. The maximum atomic E-state index is 11.0. The summed E-state index contributed by atoms with van der Waals surface area (Å²) < 4.78 is 14.1. The predicted molar refractivity (Wildman–Crippen MR) is 177 cm³/mol. The summed E-state index contributed by atoms with van der Waals surface area (Å²) in [5, 5.41) is 0.408. The number of rotatable bonds is 8. The summed E-state index contributed by atoms with van der Waals surface area (Å²) in [6, 6.07) is 0. The van der Waals surface area contributed by atoms with E-state index in [2.05, 4.69) is 99.8 Å². The summed E-state index contributed by atoms with van der Waals surface area (Å²) in [5.41, 5.74) is 3.50. The molecular formula is C35H62O3Si2. The third-order valence-electron chi connectivity index (χ3n) is 11.7. The molecule has 5 heteroatoms. The molecular weight excluding hydrogens is 525 g/mol. The first-order chi connectivity index (χ1) is 18.3. The number of carbonyl (C=O) groups is 1. The fourth-order valence-electron chi connectivity index (χ4n) is 7.35. The third kappa shape index (κ3) is 7.60.